The van der Waals surface area contributed by atoms with Crippen molar-refractivity contribution in [1.82, 2.24) is 4.30 Å². The summed E-state index contributed by atoms with van der Waals surface area (Å²) in [6, 6.07) is 0. The van der Waals surface area contributed by atoms with Crippen LogP contribution in [0.1, 0.15) is 6.92 Å². The van der Waals surface area contributed by atoms with E-state index in [9.17, 15) is 0 Å². The van der Waals surface area contributed by atoms with Crippen LogP contribution < -0.4 is 4.30 Å². The van der Waals surface area contributed by atoms with Gasteiger partial charge in [0.05, 0.1) is 0 Å². The fraction of sp³-hybridized carbons (Fsp3) is 1.00. The van der Waals surface area contributed by atoms with Gasteiger partial charge in [-0.05, 0) is 7.05 Å². The van der Waals surface area contributed by atoms with Crippen molar-refractivity contribution in [3.05, 3.63) is 0 Å². The van der Waals surface area contributed by atoms with Gasteiger partial charge in [-0.15, -0.1) is 0 Å². The summed E-state index contributed by atoms with van der Waals surface area (Å²) in [6.45, 7) is 2.23. The average Bonchev–Trinajstić information content (AvgIpc) is 1.65. The molecule has 2 heteroatoms. The van der Waals surface area contributed by atoms with E-state index < -0.39 is 14.4 Å². The Morgan fingerprint density at radius 3 is 2.17 bits per heavy atom. The molecule has 0 rings (SSSR count). The van der Waals surface area contributed by atoms with E-state index in [1.54, 1.807) is 0 Å². The van der Waals surface area contributed by atoms with Gasteiger partial charge in [-0.3, -0.25) is 0 Å². The van der Waals surface area contributed by atoms with Gasteiger partial charge in [-0.25, -0.2) is 0 Å². The largest absolute Gasteiger partial charge is 0.401 e. The molecule has 0 aromatic heterocycles. The number of rotatable bonds is 2. The molecule has 0 atom stereocenters. The first-order valence-corrected chi connectivity index (χ1v) is 5.03. The normalized spacial score (nSPS) is 8.50. The maximum atomic E-state index is 3.25. The highest BCUT2D eigenvalue weighted by molar-refractivity contribution is 6.54. The van der Waals surface area contributed by atoms with E-state index in [2.05, 4.69) is 17.0 Å². The summed E-state index contributed by atoms with van der Waals surface area (Å²) in [5, 5.41) is 1.36. The highest BCUT2D eigenvalue weighted by Gasteiger charge is 2.00. The summed E-state index contributed by atoms with van der Waals surface area (Å²) >= 11 is -0.410. The first kappa shape index (κ1) is 6.49. The Morgan fingerprint density at radius 1 is 1.67 bits per heavy atom. The van der Waals surface area contributed by atoms with Crippen LogP contribution in [0, 0.1) is 0 Å². The minimum atomic E-state index is -0.410. The summed E-state index contributed by atoms with van der Waals surface area (Å²) in [6.07, 6.45) is 0. The quantitative estimate of drug-likeness (QED) is 0.508. The third kappa shape index (κ3) is 2.72. The lowest BCUT2D eigenvalue weighted by Gasteiger charge is -1.93. The Balaban J connectivity index is 2.75. The smallest absolute Gasteiger partial charge is 0.365 e. The van der Waals surface area contributed by atoms with Crippen molar-refractivity contribution < 1.29 is 0 Å². The van der Waals surface area contributed by atoms with Gasteiger partial charge in [-0.1, -0.05) is 18.0 Å². The first-order valence-electron chi connectivity index (χ1n) is 2.48. The number of nitrogens with one attached hydrogen (secondary N) is 1. The van der Waals surface area contributed by atoms with Gasteiger partial charge in [0.15, 0.2) is 0 Å². The Labute approximate surface area is 44.4 Å². The first-order chi connectivity index (χ1) is 2.81. The van der Waals surface area contributed by atoms with Crippen LogP contribution in [0.4, 0.5) is 0 Å². The Kier molecular flexibility index (Phi) is 3.98. The second kappa shape index (κ2) is 3.67. The SMILES string of the molecule is C[CH2][Al]([CH3])[NH]C. The van der Waals surface area contributed by atoms with Crippen LogP contribution in [-0.4, -0.2) is 21.4 Å². The van der Waals surface area contributed by atoms with Crippen LogP contribution in [0.2, 0.25) is 11.1 Å². The van der Waals surface area contributed by atoms with Crippen molar-refractivity contribution in [2.24, 2.45) is 0 Å². The fourth-order valence-corrected chi connectivity index (χ4v) is 0.612. The highest BCUT2D eigenvalue weighted by Crippen LogP contribution is 1.79. The molecule has 1 N–H and O–H groups in total. The van der Waals surface area contributed by atoms with Crippen molar-refractivity contribution in [2.75, 3.05) is 7.05 Å². The maximum absolute atomic E-state index is 3.25. The Hall–Kier alpha value is 0.492. The van der Waals surface area contributed by atoms with E-state index in [4.69, 9.17) is 0 Å². The standard InChI is InChI=1S/C2H5.CH4N.CH3.Al/c2*1-2;;/h1H2,2H3;2H,1H3;1H3;/q;-1;;+1. The molecular formula is C4H12AlN. The molecule has 0 aromatic carbocycles. The summed E-state index contributed by atoms with van der Waals surface area (Å²) in [7, 11) is 2.04. The second-order valence-corrected chi connectivity index (χ2v) is 4.79. The van der Waals surface area contributed by atoms with Crippen molar-refractivity contribution in [1.29, 1.82) is 0 Å². The van der Waals surface area contributed by atoms with Crippen molar-refractivity contribution >= 4 is 14.4 Å². The number of hydrogen-bond donors (Lipinski definition) is 1. The van der Waals surface area contributed by atoms with Gasteiger partial charge in [0.25, 0.3) is 0 Å². The van der Waals surface area contributed by atoms with Crippen molar-refractivity contribution in [3.63, 3.8) is 0 Å². The van der Waals surface area contributed by atoms with E-state index >= 15 is 0 Å². The van der Waals surface area contributed by atoms with Gasteiger partial charge < -0.3 is 4.30 Å². The van der Waals surface area contributed by atoms with Crippen molar-refractivity contribution in [3.8, 4) is 0 Å². The maximum Gasteiger partial charge on any atom is 0.365 e. The van der Waals surface area contributed by atoms with E-state index in [-0.39, 0.29) is 0 Å². The Morgan fingerprint density at radius 2 is 2.17 bits per heavy atom. The van der Waals surface area contributed by atoms with Gasteiger partial charge >= 0.3 is 14.4 Å². The molecule has 0 aliphatic carbocycles. The summed E-state index contributed by atoms with van der Waals surface area (Å²) in [5.74, 6) is 2.31. The number of hydrogen-bond acceptors (Lipinski definition) is 1. The third-order valence-corrected chi connectivity index (χ3v) is 3.32. The molecule has 1 nitrogen and oxygen atoms in total. The second-order valence-electron chi connectivity index (χ2n) is 1.60. The summed E-state index contributed by atoms with van der Waals surface area (Å²) in [4.78, 5) is 0. The van der Waals surface area contributed by atoms with E-state index in [1.807, 2.05) is 7.05 Å². The molecule has 0 aromatic rings. The minimum absolute atomic E-state index is 0.410. The molecule has 6 heavy (non-hydrogen) atoms. The van der Waals surface area contributed by atoms with Crippen LogP contribution in [0.15, 0.2) is 0 Å². The Bertz CT molecular complexity index is 26.7. The lowest BCUT2D eigenvalue weighted by atomic mass is 11.0. The van der Waals surface area contributed by atoms with E-state index in [0.717, 1.165) is 0 Å². The van der Waals surface area contributed by atoms with Gasteiger partial charge in [0, 0.05) is 0 Å². The molecule has 36 valence electrons. The van der Waals surface area contributed by atoms with Crippen LogP contribution in [0.3, 0.4) is 0 Å². The van der Waals surface area contributed by atoms with Gasteiger partial charge in [0.1, 0.15) is 0 Å². The fourth-order valence-electron chi connectivity index (χ4n) is 0.204. The molecule has 0 aliphatic rings. The molecule has 0 spiro atoms. The highest BCUT2D eigenvalue weighted by atomic mass is 27.2. The lowest BCUT2D eigenvalue weighted by molar-refractivity contribution is 1.17. The third-order valence-electron chi connectivity index (χ3n) is 1.11. The van der Waals surface area contributed by atoms with E-state index in [1.165, 1.54) is 5.28 Å². The molecule has 0 radical (unpaired) electrons. The van der Waals surface area contributed by atoms with E-state index in [0.29, 0.717) is 0 Å². The van der Waals surface area contributed by atoms with Gasteiger partial charge in [0.2, 0.25) is 0 Å². The topological polar surface area (TPSA) is 12.0 Å². The molecule has 0 heterocycles. The van der Waals surface area contributed by atoms with Crippen molar-refractivity contribution in [2.45, 2.75) is 18.0 Å². The predicted octanol–water partition coefficient (Wildman–Crippen LogP) is 0.847. The van der Waals surface area contributed by atoms with Crippen LogP contribution >= 0.6 is 0 Å². The average molecular weight is 101 g/mol. The zero-order valence-electron chi connectivity index (χ0n) is 4.78. The predicted molar refractivity (Wildman–Crippen MR) is 31.2 cm³/mol. The molecule has 0 aliphatic heterocycles. The molecule has 0 saturated heterocycles. The molecule has 0 saturated carbocycles. The molecule has 0 amide bonds. The monoisotopic (exact) mass is 101 g/mol. The van der Waals surface area contributed by atoms with Gasteiger partial charge in [-0.2, -0.15) is 0 Å². The zero-order chi connectivity index (χ0) is 4.99. The molecular weight excluding hydrogens is 89.0 g/mol. The van der Waals surface area contributed by atoms with Crippen LogP contribution in [-0.2, 0) is 0 Å². The zero-order valence-corrected chi connectivity index (χ0v) is 5.94. The summed E-state index contributed by atoms with van der Waals surface area (Å²) in [5.41, 5.74) is 0. The van der Waals surface area contributed by atoms with Crippen LogP contribution in [0.5, 0.6) is 0 Å². The lowest BCUT2D eigenvalue weighted by Crippen LogP contribution is -2.24. The molecule has 0 bridgehead atoms. The minimum Gasteiger partial charge on any atom is -0.401 e. The molecule has 0 unspecified atom stereocenters. The van der Waals surface area contributed by atoms with Crippen LogP contribution in [0.25, 0.3) is 0 Å². The molecule has 0 fully saturated rings. The summed E-state index contributed by atoms with van der Waals surface area (Å²) < 4.78 is 3.25.